The maximum Gasteiger partial charge on any atom is 0.224 e. The predicted molar refractivity (Wildman–Crippen MR) is 62.4 cm³/mol. The molecule has 0 aliphatic heterocycles. The van der Waals surface area contributed by atoms with Crippen molar-refractivity contribution in [2.75, 3.05) is 17.7 Å². The van der Waals surface area contributed by atoms with Crippen molar-refractivity contribution in [3.63, 3.8) is 0 Å². The van der Waals surface area contributed by atoms with Crippen LogP contribution in [0.25, 0.3) is 0 Å². The van der Waals surface area contributed by atoms with Crippen LogP contribution in [0.2, 0.25) is 5.02 Å². The minimum absolute atomic E-state index is 0.534. The Bertz CT molecular complexity index is 355. The molecular weight excluding hydrogens is 212 g/mol. The molecule has 5 heteroatoms. The number of aromatic nitrogens is 2. The Hall–Kier alpha value is -1.03. The molecule has 4 nitrogen and oxygen atoms in total. The van der Waals surface area contributed by atoms with E-state index in [4.69, 9.17) is 11.6 Å². The normalized spacial score (nSPS) is 23.7. The minimum atomic E-state index is 0.534. The van der Waals surface area contributed by atoms with Gasteiger partial charge in [0.2, 0.25) is 5.95 Å². The molecule has 0 saturated heterocycles. The number of hydrogen-bond donors (Lipinski definition) is 2. The molecule has 0 radical (unpaired) electrons. The lowest BCUT2D eigenvalue weighted by atomic mass is 10.3. The summed E-state index contributed by atoms with van der Waals surface area (Å²) in [6.45, 7) is 2.20. The Morgan fingerprint density at radius 3 is 3.00 bits per heavy atom. The van der Waals surface area contributed by atoms with E-state index in [1.807, 2.05) is 0 Å². The summed E-state index contributed by atoms with van der Waals surface area (Å²) in [6.07, 6.45) is 4.04. The van der Waals surface area contributed by atoms with Gasteiger partial charge >= 0.3 is 0 Å². The molecule has 2 rings (SSSR count). The van der Waals surface area contributed by atoms with E-state index < -0.39 is 0 Å². The second kappa shape index (κ2) is 4.23. The number of halogens is 1. The molecule has 1 heterocycles. The molecule has 2 atom stereocenters. The summed E-state index contributed by atoms with van der Waals surface area (Å²) in [5.74, 6) is 2.10. The van der Waals surface area contributed by atoms with E-state index in [-0.39, 0.29) is 0 Å². The van der Waals surface area contributed by atoms with Gasteiger partial charge in [-0.15, -0.1) is 0 Å². The summed E-state index contributed by atoms with van der Waals surface area (Å²) >= 11 is 6.00. The highest BCUT2D eigenvalue weighted by molar-refractivity contribution is 6.32. The Labute approximate surface area is 94.5 Å². The summed E-state index contributed by atoms with van der Waals surface area (Å²) in [5.41, 5.74) is 0. The number of nitrogens with zero attached hydrogens (tertiary/aromatic N) is 2. The largest absolute Gasteiger partial charge is 0.366 e. The summed E-state index contributed by atoms with van der Waals surface area (Å²) in [5, 5.41) is 6.81. The van der Waals surface area contributed by atoms with Crippen molar-refractivity contribution >= 4 is 23.4 Å². The van der Waals surface area contributed by atoms with E-state index in [0.29, 0.717) is 17.0 Å². The quantitative estimate of drug-likeness (QED) is 0.828. The minimum Gasteiger partial charge on any atom is -0.366 e. The van der Waals surface area contributed by atoms with Crippen LogP contribution in [0.3, 0.4) is 0 Å². The van der Waals surface area contributed by atoms with Crippen LogP contribution in [0, 0.1) is 5.92 Å². The summed E-state index contributed by atoms with van der Waals surface area (Å²) in [7, 11) is 1.79. The van der Waals surface area contributed by atoms with Crippen molar-refractivity contribution < 1.29 is 0 Å². The topological polar surface area (TPSA) is 49.8 Å². The zero-order valence-corrected chi connectivity index (χ0v) is 9.67. The molecule has 82 valence electrons. The van der Waals surface area contributed by atoms with Crippen molar-refractivity contribution in [2.45, 2.75) is 25.8 Å². The van der Waals surface area contributed by atoms with E-state index in [9.17, 15) is 0 Å². The highest BCUT2D eigenvalue weighted by Crippen LogP contribution is 2.37. The zero-order valence-electron chi connectivity index (χ0n) is 8.92. The van der Waals surface area contributed by atoms with Crippen LogP contribution in [0.5, 0.6) is 0 Å². The van der Waals surface area contributed by atoms with Gasteiger partial charge in [-0.25, -0.2) is 4.98 Å². The van der Waals surface area contributed by atoms with Gasteiger partial charge in [-0.05, 0) is 12.3 Å². The van der Waals surface area contributed by atoms with Crippen molar-refractivity contribution in [1.29, 1.82) is 0 Å². The van der Waals surface area contributed by atoms with Crippen LogP contribution < -0.4 is 10.6 Å². The first-order chi connectivity index (χ1) is 7.24. The maximum atomic E-state index is 6.00. The molecule has 1 aromatic heterocycles. The molecule has 0 spiro atoms. The molecule has 1 fully saturated rings. The van der Waals surface area contributed by atoms with Gasteiger partial charge < -0.3 is 10.6 Å². The van der Waals surface area contributed by atoms with Gasteiger partial charge in [-0.2, -0.15) is 4.98 Å². The monoisotopic (exact) mass is 226 g/mol. The third-order valence-corrected chi connectivity index (χ3v) is 3.01. The van der Waals surface area contributed by atoms with E-state index in [2.05, 4.69) is 27.5 Å². The first kappa shape index (κ1) is 10.5. The SMILES string of the molecule is CCC1CC1Nc1nc(NC)ncc1Cl. The molecule has 0 bridgehead atoms. The van der Waals surface area contributed by atoms with Gasteiger partial charge in [0.1, 0.15) is 5.02 Å². The smallest absolute Gasteiger partial charge is 0.224 e. The first-order valence-electron chi connectivity index (χ1n) is 5.21. The molecule has 0 aromatic carbocycles. The molecule has 0 amide bonds. The Morgan fingerprint density at radius 2 is 2.40 bits per heavy atom. The Morgan fingerprint density at radius 1 is 1.60 bits per heavy atom. The molecule has 1 saturated carbocycles. The van der Waals surface area contributed by atoms with Crippen LogP contribution >= 0.6 is 11.6 Å². The molecule has 2 unspecified atom stereocenters. The third-order valence-electron chi connectivity index (χ3n) is 2.74. The van der Waals surface area contributed by atoms with E-state index in [1.165, 1.54) is 12.8 Å². The van der Waals surface area contributed by atoms with Gasteiger partial charge in [0.05, 0.1) is 6.20 Å². The fourth-order valence-electron chi connectivity index (χ4n) is 1.64. The summed E-state index contributed by atoms with van der Waals surface area (Å²) in [4.78, 5) is 8.30. The van der Waals surface area contributed by atoms with E-state index >= 15 is 0 Å². The van der Waals surface area contributed by atoms with E-state index in [1.54, 1.807) is 13.2 Å². The standard InChI is InChI=1S/C10H15ClN4/c1-3-6-4-8(6)14-9-7(11)5-13-10(12-2)15-9/h5-6,8H,3-4H2,1-2H3,(H2,12,13,14,15). The molecule has 1 aromatic rings. The second-order valence-electron chi connectivity index (χ2n) is 3.80. The average molecular weight is 227 g/mol. The number of nitrogens with one attached hydrogen (secondary N) is 2. The van der Waals surface area contributed by atoms with Crippen molar-refractivity contribution in [1.82, 2.24) is 9.97 Å². The van der Waals surface area contributed by atoms with Crippen molar-refractivity contribution in [2.24, 2.45) is 5.92 Å². The van der Waals surface area contributed by atoms with Gasteiger partial charge in [-0.3, -0.25) is 0 Å². The molecule has 15 heavy (non-hydrogen) atoms. The van der Waals surface area contributed by atoms with E-state index in [0.717, 1.165) is 11.7 Å². The predicted octanol–water partition coefficient (Wildman–Crippen LogP) is 2.38. The summed E-state index contributed by atoms with van der Waals surface area (Å²) < 4.78 is 0. The van der Waals surface area contributed by atoms with Gasteiger partial charge in [0.25, 0.3) is 0 Å². The summed E-state index contributed by atoms with van der Waals surface area (Å²) in [6, 6.07) is 0.534. The molecule has 1 aliphatic rings. The average Bonchev–Trinajstić information content (AvgIpc) is 3.00. The number of hydrogen-bond acceptors (Lipinski definition) is 4. The van der Waals surface area contributed by atoms with Crippen molar-refractivity contribution in [3.05, 3.63) is 11.2 Å². The number of rotatable bonds is 4. The van der Waals surface area contributed by atoms with Gasteiger partial charge in [-0.1, -0.05) is 24.9 Å². The Balaban J connectivity index is 2.07. The second-order valence-corrected chi connectivity index (χ2v) is 4.20. The molecule has 1 aliphatic carbocycles. The van der Waals surface area contributed by atoms with Crippen LogP contribution in [-0.4, -0.2) is 23.1 Å². The first-order valence-corrected chi connectivity index (χ1v) is 5.59. The number of anilines is 2. The lowest BCUT2D eigenvalue weighted by Crippen LogP contribution is -2.08. The Kier molecular flexibility index (Phi) is 2.95. The van der Waals surface area contributed by atoms with Gasteiger partial charge in [0, 0.05) is 13.1 Å². The molecule has 2 N–H and O–H groups in total. The van der Waals surface area contributed by atoms with Crippen molar-refractivity contribution in [3.8, 4) is 0 Å². The van der Waals surface area contributed by atoms with Crippen LogP contribution in [0.4, 0.5) is 11.8 Å². The highest BCUT2D eigenvalue weighted by atomic mass is 35.5. The lowest BCUT2D eigenvalue weighted by molar-refractivity contribution is 0.773. The lowest BCUT2D eigenvalue weighted by Gasteiger charge is -2.07. The maximum absolute atomic E-state index is 6.00. The third kappa shape index (κ3) is 2.31. The van der Waals surface area contributed by atoms with Crippen LogP contribution in [0.1, 0.15) is 19.8 Å². The van der Waals surface area contributed by atoms with Gasteiger partial charge in [0.15, 0.2) is 5.82 Å². The highest BCUT2D eigenvalue weighted by Gasteiger charge is 2.35. The van der Waals surface area contributed by atoms with Crippen LogP contribution in [0.15, 0.2) is 6.20 Å². The molecular formula is C10H15ClN4. The van der Waals surface area contributed by atoms with Crippen LogP contribution in [-0.2, 0) is 0 Å². The fraction of sp³-hybridized carbons (Fsp3) is 0.600. The zero-order chi connectivity index (χ0) is 10.8. The fourth-order valence-corrected chi connectivity index (χ4v) is 1.79.